The van der Waals surface area contributed by atoms with Gasteiger partial charge >= 0.3 is 0 Å². The average Bonchev–Trinajstić information content (AvgIpc) is 3.51. The lowest BCUT2D eigenvalue weighted by Crippen LogP contribution is -2.15. The predicted octanol–water partition coefficient (Wildman–Crippen LogP) is 5.40. The second kappa shape index (κ2) is 14.3. The molecule has 1 aliphatic rings. The van der Waals surface area contributed by atoms with E-state index in [4.69, 9.17) is 4.42 Å². The predicted molar refractivity (Wildman–Crippen MR) is 152 cm³/mol. The van der Waals surface area contributed by atoms with Crippen molar-refractivity contribution in [1.82, 2.24) is 15.3 Å². The summed E-state index contributed by atoms with van der Waals surface area (Å²) in [5, 5.41) is 11.6. The van der Waals surface area contributed by atoms with Gasteiger partial charge in [0.1, 0.15) is 5.84 Å². The summed E-state index contributed by atoms with van der Waals surface area (Å²) < 4.78 is 5.28. The van der Waals surface area contributed by atoms with Crippen molar-refractivity contribution in [2.75, 3.05) is 16.0 Å². The van der Waals surface area contributed by atoms with Crippen molar-refractivity contribution in [3.8, 4) is 0 Å². The Hall–Kier alpha value is -4.47. The molecule has 3 aromatic rings. The van der Waals surface area contributed by atoms with Gasteiger partial charge in [0.2, 0.25) is 5.76 Å². The number of carbonyl (C=O) groups excluding carboxylic acids is 2. The molecule has 0 unspecified atom stereocenters. The first-order valence-corrected chi connectivity index (χ1v) is 12.0. The number of hydrogen-bond donors (Lipinski definition) is 4. The Kier molecular flexibility index (Phi) is 11.2. The van der Waals surface area contributed by atoms with Gasteiger partial charge in [0.15, 0.2) is 0 Å². The Morgan fingerprint density at radius 3 is 2.24 bits per heavy atom. The number of amides is 2. The highest BCUT2D eigenvalue weighted by Gasteiger charge is 2.18. The lowest BCUT2D eigenvalue weighted by atomic mass is 10.2. The SMILES string of the molecule is C.CC(C)Nc1ncc(C(=O)Nc2ccncc2)o1.Cc1ccc(NC(=O)C2=CNC(=NC(C)C)C2)cc1. The number of pyridine rings is 1. The van der Waals surface area contributed by atoms with E-state index in [-0.39, 0.29) is 37.1 Å². The second-order valence-electron chi connectivity index (χ2n) is 9.00. The number of oxazole rings is 1. The molecule has 38 heavy (non-hydrogen) atoms. The van der Waals surface area contributed by atoms with E-state index in [0.29, 0.717) is 23.7 Å². The number of benzene rings is 1. The first kappa shape index (κ1) is 29.8. The highest BCUT2D eigenvalue weighted by molar-refractivity contribution is 6.09. The van der Waals surface area contributed by atoms with Crippen LogP contribution in [0.1, 0.15) is 57.7 Å². The first-order valence-electron chi connectivity index (χ1n) is 12.0. The fourth-order valence-corrected chi connectivity index (χ4v) is 3.16. The zero-order valence-electron chi connectivity index (χ0n) is 21.7. The van der Waals surface area contributed by atoms with Crippen LogP contribution >= 0.6 is 0 Å². The third kappa shape index (κ3) is 9.53. The zero-order chi connectivity index (χ0) is 26.8. The molecule has 0 saturated heterocycles. The molecule has 0 saturated carbocycles. The molecule has 2 aromatic heterocycles. The maximum absolute atomic E-state index is 12.1. The van der Waals surface area contributed by atoms with Crippen LogP contribution in [0.2, 0.25) is 0 Å². The molecule has 4 N–H and O–H groups in total. The summed E-state index contributed by atoms with van der Waals surface area (Å²) in [7, 11) is 0. The fraction of sp³-hybridized carbons (Fsp3) is 0.321. The number of aliphatic imine (C=N–C) groups is 1. The summed E-state index contributed by atoms with van der Waals surface area (Å²) in [6.45, 7) is 9.96. The zero-order valence-corrected chi connectivity index (χ0v) is 21.7. The van der Waals surface area contributed by atoms with E-state index < -0.39 is 0 Å². The number of anilines is 3. The summed E-state index contributed by atoms with van der Waals surface area (Å²) in [4.78, 5) is 36.1. The number of rotatable bonds is 7. The largest absolute Gasteiger partial charge is 0.418 e. The van der Waals surface area contributed by atoms with Crippen molar-refractivity contribution in [3.05, 3.63) is 78.1 Å². The lowest BCUT2D eigenvalue weighted by molar-refractivity contribution is -0.112. The van der Waals surface area contributed by atoms with Gasteiger partial charge in [0.05, 0.1) is 6.20 Å². The Morgan fingerprint density at radius 2 is 1.61 bits per heavy atom. The Balaban J connectivity index is 0.000000260. The lowest BCUT2D eigenvalue weighted by Gasteiger charge is -2.05. The maximum Gasteiger partial charge on any atom is 0.295 e. The maximum atomic E-state index is 12.1. The molecule has 2 amide bonds. The van der Waals surface area contributed by atoms with E-state index in [2.05, 4.69) is 36.2 Å². The number of amidine groups is 1. The van der Waals surface area contributed by atoms with Crippen LogP contribution in [0.3, 0.4) is 0 Å². The molecule has 0 bridgehead atoms. The van der Waals surface area contributed by atoms with Crippen LogP contribution in [-0.2, 0) is 4.79 Å². The smallest absolute Gasteiger partial charge is 0.295 e. The number of nitrogens with one attached hydrogen (secondary N) is 4. The average molecular weight is 520 g/mol. The number of hydrogen-bond acceptors (Lipinski definition) is 7. The van der Waals surface area contributed by atoms with Gasteiger partial charge < -0.3 is 25.7 Å². The summed E-state index contributed by atoms with van der Waals surface area (Å²) in [5.74, 6) is 0.592. The molecule has 0 spiro atoms. The van der Waals surface area contributed by atoms with Crippen molar-refractivity contribution >= 4 is 35.0 Å². The molecule has 0 aliphatic carbocycles. The highest BCUT2D eigenvalue weighted by Crippen LogP contribution is 2.15. The van der Waals surface area contributed by atoms with Gasteiger partial charge in [-0.2, -0.15) is 0 Å². The standard InChI is InChI=1S/C15H19N3O.C12H14N4O2.CH4/c1-10(2)17-14-8-12(9-16-14)15(19)18-13-6-4-11(3)5-7-13;1-8(2)15-12-14-7-10(18-12)11(17)16-9-3-5-13-6-4-9;/h4-7,9-10H,8H2,1-3H3,(H,16,17)(H,18,19);3-8H,1-2H3,(H,14,15)(H,13,16,17);1H4. The van der Waals surface area contributed by atoms with Crippen LogP contribution < -0.4 is 21.3 Å². The van der Waals surface area contributed by atoms with E-state index in [0.717, 1.165) is 11.5 Å². The van der Waals surface area contributed by atoms with Crippen LogP contribution in [0.5, 0.6) is 0 Å². The molecule has 10 nitrogen and oxygen atoms in total. The normalized spacial score (nSPS) is 13.1. The third-order valence-electron chi connectivity index (χ3n) is 4.87. The van der Waals surface area contributed by atoms with Gasteiger partial charge in [-0.25, -0.2) is 4.98 Å². The van der Waals surface area contributed by atoms with Crippen molar-refractivity contribution in [2.24, 2.45) is 4.99 Å². The van der Waals surface area contributed by atoms with Crippen molar-refractivity contribution < 1.29 is 14.0 Å². The van der Waals surface area contributed by atoms with Crippen LogP contribution in [0.15, 0.2) is 76.2 Å². The number of aromatic nitrogens is 2. The second-order valence-corrected chi connectivity index (χ2v) is 9.00. The molecule has 0 fully saturated rings. The van der Waals surface area contributed by atoms with E-state index in [1.165, 1.54) is 11.8 Å². The quantitative estimate of drug-likeness (QED) is 0.329. The van der Waals surface area contributed by atoms with Crippen molar-refractivity contribution in [2.45, 2.75) is 60.5 Å². The van der Waals surface area contributed by atoms with Crippen LogP contribution in [0, 0.1) is 6.92 Å². The van der Waals surface area contributed by atoms with Crippen molar-refractivity contribution in [1.29, 1.82) is 0 Å². The molecule has 0 atom stereocenters. The Bertz CT molecular complexity index is 1250. The molecule has 202 valence electrons. The van der Waals surface area contributed by atoms with Crippen molar-refractivity contribution in [3.63, 3.8) is 0 Å². The minimum absolute atomic E-state index is 0. The van der Waals surface area contributed by atoms with Gasteiger partial charge in [0, 0.05) is 54.0 Å². The molecule has 1 aliphatic heterocycles. The molecule has 4 rings (SSSR count). The molecule has 3 heterocycles. The summed E-state index contributed by atoms with van der Waals surface area (Å²) >= 11 is 0. The number of aryl methyl sites for hydroxylation is 1. The number of carbonyl (C=O) groups is 2. The highest BCUT2D eigenvalue weighted by atomic mass is 16.4. The van der Waals surface area contributed by atoms with Crippen LogP contribution in [0.4, 0.5) is 17.4 Å². The monoisotopic (exact) mass is 519 g/mol. The summed E-state index contributed by atoms with van der Waals surface area (Å²) in [6.07, 6.45) is 6.88. The Labute approximate surface area is 224 Å². The van der Waals surface area contributed by atoms with Crippen LogP contribution in [-0.4, -0.2) is 39.7 Å². The molecule has 1 aromatic carbocycles. The molecular formula is C28H37N7O3. The van der Waals surface area contributed by atoms with Gasteiger partial charge in [0.25, 0.3) is 17.8 Å². The Morgan fingerprint density at radius 1 is 0.974 bits per heavy atom. The molecular weight excluding hydrogens is 482 g/mol. The van der Waals surface area contributed by atoms with E-state index in [1.54, 1.807) is 30.7 Å². The summed E-state index contributed by atoms with van der Waals surface area (Å²) in [6, 6.07) is 11.9. The molecule has 0 radical (unpaired) electrons. The first-order chi connectivity index (χ1) is 17.7. The minimum Gasteiger partial charge on any atom is -0.418 e. The van der Waals surface area contributed by atoms with Gasteiger partial charge in [-0.05, 0) is 58.9 Å². The van der Waals surface area contributed by atoms with E-state index in [1.807, 2.05) is 58.9 Å². The van der Waals surface area contributed by atoms with Gasteiger partial charge in [-0.15, -0.1) is 0 Å². The summed E-state index contributed by atoms with van der Waals surface area (Å²) in [5.41, 5.74) is 3.35. The van der Waals surface area contributed by atoms with Gasteiger partial charge in [-0.1, -0.05) is 25.1 Å². The van der Waals surface area contributed by atoms with E-state index >= 15 is 0 Å². The van der Waals surface area contributed by atoms with Crippen LogP contribution in [0.25, 0.3) is 0 Å². The van der Waals surface area contributed by atoms with E-state index in [9.17, 15) is 9.59 Å². The van der Waals surface area contributed by atoms with Gasteiger partial charge in [-0.3, -0.25) is 19.6 Å². The fourth-order valence-electron chi connectivity index (χ4n) is 3.16. The molecule has 10 heteroatoms. The topological polar surface area (TPSA) is 134 Å². The third-order valence-corrected chi connectivity index (χ3v) is 4.87. The number of nitrogens with zero attached hydrogens (tertiary/aromatic N) is 3. The minimum atomic E-state index is -0.342.